The lowest BCUT2D eigenvalue weighted by Crippen LogP contribution is -2.41. The van der Waals surface area contributed by atoms with Gasteiger partial charge in [-0.3, -0.25) is 9.59 Å². The van der Waals surface area contributed by atoms with E-state index in [0.717, 1.165) is 6.42 Å². The Morgan fingerprint density at radius 1 is 1.08 bits per heavy atom. The molecule has 1 aliphatic carbocycles. The average molecular weight is 332 g/mol. The van der Waals surface area contributed by atoms with Gasteiger partial charge < -0.3 is 15.7 Å². The fourth-order valence-corrected chi connectivity index (χ4v) is 3.05. The van der Waals surface area contributed by atoms with E-state index in [1.807, 2.05) is 0 Å². The van der Waals surface area contributed by atoms with Gasteiger partial charge in [0.25, 0.3) is 0 Å². The van der Waals surface area contributed by atoms with Gasteiger partial charge in [-0.25, -0.2) is 4.79 Å². The molecule has 130 valence electrons. The van der Waals surface area contributed by atoms with E-state index in [1.165, 1.54) is 25.7 Å². The molecule has 1 saturated carbocycles. The number of amides is 2. The van der Waals surface area contributed by atoms with Crippen LogP contribution in [0.4, 0.5) is 0 Å². The summed E-state index contributed by atoms with van der Waals surface area (Å²) in [6, 6.07) is 7.35. The molecule has 0 aromatic heterocycles. The summed E-state index contributed by atoms with van der Waals surface area (Å²) in [6.07, 6.45) is 6.12. The van der Waals surface area contributed by atoms with Crippen LogP contribution in [-0.4, -0.2) is 29.4 Å². The predicted molar refractivity (Wildman–Crippen MR) is 89.2 cm³/mol. The summed E-state index contributed by atoms with van der Waals surface area (Å²) in [7, 11) is 0. The molecule has 24 heavy (non-hydrogen) atoms. The Labute approximate surface area is 141 Å². The molecule has 0 aliphatic heterocycles. The molecule has 0 bridgehead atoms. The summed E-state index contributed by atoms with van der Waals surface area (Å²) in [5.74, 6) is -1.19. The molecule has 3 N–H and O–H groups in total. The minimum atomic E-state index is -1.14. The van der Waals surface area contributed by atoms with Crippen LogP contribution in [0.5, 0.6) is 0 Å². The van der Waals surface area contributed by atoms with Crippen molar-refractivity contribution >= 4 is 17.8 Å². The van der Waals surface area contributed by atoms with Gasteiger partial charge in [0.2, 0.25) is 11.8 Å². The van der Waals surface area contributed by atoms with Crippen molar-refractivity contribution in [3.63, 3.8) is 0 Å². The maximum atomic E-state index is 11.9. The fraction of sp³-hybridized carbons (Fsp3) is 0.500. The Hall–Kier alpha value is -2.37. The molecule has 0 spiro atoms. The molecular formula is C18H24N2O4. The third-order valence-electron chi connectivity index (χ3n) is 4.39. The second-order valence-electron chi connectivity index (χ2n) is 6.22. The highest BCUT2D eigenvalue weighted by atomic mass is 16.4. The van der Waals surface area contributed by atoms with E-state index in [4.69, 9.17) is 0 Å². The minimum Gasteiger partial charge on any atom is -0.479 e. The second kappa shape index (κ2) is 9.05. The van der Waals surface area contributed by atoms with Crippen LogP contribution >= 0.6 is 0 Å². The maximum Gasteiger partial charge on any atom is 0.330 e. The van der Waals surface area contributed by atoms with Gasteiger partial charge in [-0.15, -0.1) is 0 Å². The first kappa shape index (κ1) is 18.0. The maximum absolute atomic E-state index is 11.9. The summed E-state index contributed by atoms with van der Waals surface area (Å²) in [5, 5.41) is 14.2. The van der Waals surface area contributed by atoms with Crippen molar-refractivity contribution in [3.05, 3.63) is 35.9 Å². The first-order chi connectivity index (χ1) is 11.6. The van der Waals surface area contributed by atoms with Crippen LogP contribution in [0.25, 0.3) is 0 Å². The molecule has 1 aliphatic rings. The van der Waals surface area contributed by atoms with Crippen LogP contribution in [0.1, 0.15) is 50.1 Å². The molecule has 1 atom stereocenters. The molecule has 0 unspecified atom stereocenters. The molecule has 6 nitrogen and oxygen atoms in total. The van der Waals surface area contributed by atoms with Crippen LogP contribution in [0.2, 0.25) is 0 Å². The van der Waals surface area contributed by atoms with Gasteiger partial charge in [-0.2, -0.15) is 0 Å². The quantitative estimate of drug-likeness (QED) is 0.678. The number of aliphatic carboxylic acids is 1. The van der Waals surface area contributed by atoms with Crippen molar-refractivity contribution in [1.82, 2.24) is 10.6 Å². The summed E-state index contributed by atoms with van der Waals surface area (Å²) >= 11 is 0. The lowest BCUT2D eigenvalue weighted by atomic mass is 10.0. The Morgan fingerprint density at radius 3 is 2.38 bits per heavy atom. The van der Waals surface area contributed by atoms with Crippen molar-refractivity contribution in [3.8, 4) is 0 Å². The molecule has 0 saturated heterocycles. The number of carboxylic acids is 1. The number of rotatable bonds is 8. The van der Waals surface area contributed by atoms with E-state index in [1.54, 1.807) is 30.3 Å². The minimum absolute atomic E-state index is 0.163. The predicted octanol–water partition coefficient (Wildman–Crippen LogP) is 2.02. The van der Waals surface area contributed by atoms with Crippen molar-refractivity contribution in [2.75, 3.05) is 6.54 Å². The highest BCUT2D eigenvalue weighted by Crippen LogP contribution is 2.28. The largest absolute Gasteiger partial charge is 0.479 e. The third-order valence-corrected chi connectivity index (χ3v) is 4.39. The van der Waals surface area contributed by atoms with Crippen molar-refractivity contribution < 1.29 is 19.5 Å². The van der Waals surface area contributed by atoms with E-state index in [-0.39, 0.29) is 12.5 Å². The Bertz CT molecular complexity index is 568. The number of hydrogen-bond acceptors (Lipinski definition) is 3. The van der Waals surface area contributed by atoms with Crippen LogP contribution in [0.3, 0.4) is 0 Å². The summed E-state index contributed by atoms with van der Waals surface area (Å²) < 4.78 is 0. The highest BCUT2D eigenvalue weighted by Gasteiger charge is 2.22. The zero-order valence-corrected chi connectivity index (χ0v) is 13.7. The second-order valence-corrected chi connectivity index (χ2v) is 6.22. The number of carboxylic acid groups (broad SMARTS) is 1. The molecule has 0 heterocycles. The van der Waals surface area contributed by atoms with Gasteiger partial charge >= 0.3 is 5.97 Å². The van der Waals surface area contributed by atoms with Gasteiger partial charge in [0.15, 0.2) is 6.04 Å². The summed E-state index contributed by atoms with van der Waals surface area (Å²) in [4.78, 5) is 35.0. The van der Waals surface area contributed by atoms with Crippen LogP contribution in [0, 0.1) is 5.92 Å². The van der Waals surface area contributed by atoms with Gasteiger partial charge in [0.1, 0.15) is 0 Å². The lowest BCUT2D eigenvalue weighted by molar-refractivity contribution is -0.141. The van der Waals surface area contributed by atoms with E-state index in [0.29, 0.717) is 17.9 Å². The molecule has 1 aromatic rings. The Balaban J connectivity index is 1.74. The fourth-order valence-electron chi connectivity index (χ4n) is 3.05. The van der Waals surface area contributed by atoms with E-state index >= 15 is 0 Å². The van der Waals surface area contributed by atoms with Crippen LogP contribution in [0.15, 0.2) is 30.3 Å². The number of carbonyl (C=O) groups excluding carboxylic acids is 2. The average Bonchev–Trinajstić information content (AvgIpc) is 3.10. The van der Waals surface area contributed by atoms with Gasteiger partial charge in [-0.05, 0) is 17.9 Å². The van der Waals surface area contributed by atoms with E-state index in [9.17, 15) is 19.5 Å². The molecule has 2 rings (SSSR count). The number of hydrogen-bond donors (Lipinski definition) is 3. The summed E-state index contributed by atoms with van der Waals surface area (Å²) in [6.45, 7) is -0.208. The molecule has 0 radical (unpaired) electrons. The van der Waals surface area contributed by atoms with Crippen molar-refractivity contribution in [2.45, 2.75) is 44.6 Å². The Morgan fingerprint density at radius 2 is 1.75 bits per heavy atom. The number of benzene rings is 1. The normalized spacial score (nSPS) is 15.7. The molecular weight excluding hydrogens is 308 g/mol. The molecule has 2 amide bonds. The van der Waals surface area contributed by atoms with Crippen molar-refractivity contribution in [1.29, 1.82) is 0 Å². The van der Waals surface area contributed by atoms with Gasteiger partial charge in [-0.1, -0.05) is 56.0 Å². The standard InChI is InChI=1S/C18H24N2O4/c21-15(11-10-13-6-4-5-7-13)19-12-16(22)20-17(18(23)24)14-8-2-1-3-9-14/h1-3,8-9,13,17H,4-7,10-12H2,(H,19,21)(H,20,22)(H,23,24)/t17-/m0/s1. The smallest absolute Gasteiger partial charge is 0.330 e. The number of carbonyl (C=O) groups is 3. The lowest BCUT2D eigenvalue weighted by Gasteiger charge is -2.15. The van der Waals surface area contributed by atoms with Crippen molar-refractivity contribution in [2.24, 2.45) is 5.92 Å². The zero-order chi connectivity index (χ0) is 17.4. The molecule has 1 fully saturated rings. The summed E-state index contributed by atoms with van der Waals surface area (Å²) in [5.41, 5.74) is 0.492. The zero-order valence-electron chi connectivity index (χ0n) is 13.7. The highest BCUT2D eigenvalue weighted by molar-refractivity contribution is 5.88. The Kier molecular flexibility index (Phi) is 6.78. The van der Waals surface area contributed by atoms with Crippen LogP contribution in [-0.2, 0) is 14.4 Å². The first-order valence-corrected chi connectivity index (χ1v) is 8.40. The van der Waals surface area contributed by atoms with Crippen LogP contribution < -0.4 is 10.6 Å². The first-order valence-electron chi connectivity index (χ1n) is 8.40. The topological polar surface area (TPSA) is 95.5 Å². The van der Waals surface area contributed by atoms with Gasteiger partial charge in [0, 0.05) is 6.42 Å². The van der Waals surface area contributed by atoms with E-state index in [2.05, 4.69) is 10.6 Å². The molecule has 1 aromatic carbocycles. The SMILES string of the molecule is O=C(CCC1CCCC1)NCC(=O)N[C@H](C(=O)O)c1ccccc1. The monoisotopic (exact) mass is 332 g/mol. The molecule has 6 heteroatoms. The number of nitrogens with one attached hydrogen (secondary N) is 2. The van der Waals surface area contributed by atoms with Gasteiger partial charge in [0.05, 0.1) is 6.54 Å². The third kappa shape index (κ3) is 5.68. The van der Waals surface area contributed by atoms with E-state index < -0.39 is 17.9 Å².